The number of alkyl halides is 3. The number of ether oxygens (including phenoxy) is 4. The molecular formula is C11H17Cl3O5. The van der Waals surface area contributed by atoms with Gasteiger partial charge >= 0.3 is 0 Å². The van der Waals surface area contributed by atoms with Gasteiger partial charge in [0.15, 0.2) is 12.1 Å². The van der Waals surface area contributed by atoms with E-state index in [1.807, 2.05) is 6.92 Å². The monoisotopic (exact) mass is 334 g/mol. The number of halogens is 3. The van der Waals surface area contributed by atoms with Crippen molar-refractivity contribution in [2.45, 2.75) is 61.1 Å². The predicted molar refractivity (Wildman–Crippen MR) is 70.4 cm³/mol. The van der Waals surface area contributed by atoms with Crippen molar-refractivity contribution < 1.29 is 24.1 Å². The first kappa shape index (κ1) is 16.0. The Kier molecular flexibility index (Phi) is 4.61. The molecule has 0 bridgehead atoms. The maximum atomic E-state index is 10.2. The Balaban J connectivity index is 2.02. The molecule has 112 valence electrons. The Morgan fingerprint density at radius 2 is 1.79 bits per heavy atom. The number of rotatable bonds is 2. The molecule has 0 aromatic carbocycles. The molecule has 0 unspecified atom stereocenters. The van der Waals surface area contributed by atoms with Crippen LogP contribution in [0, 0.1) is 0 Å². The molecule has 2 aliphatic heterocycles. The van der Waals surface area contributed by atoms with Crippen molar-refractivity contribution in [1.82, 2.24) is 0 Å². The van der Waals surface area contributed by atoms with Crippen LogP contribution in [-0.2, 0) is 18.9 Å². The van der Waals surface area contributed by atoms with E-state index in [-0.39, 0.29) is 18.8 Å². The Morgan fingerprint density at radius 1 is 1.21 bits per heavy atom. The summed E-state index contributed by atoms with van der Waals surface area (Å²) in [5.41, 5.74) is 0. The molecule has 2 saturated heterocycles. The van der Waals surface area contributed by atoms with Crippen molar-refractivity contribution in [1.29, 1.82) is 0 Å². The first-order valence-corrected chi connectivity index (χ1v) is 7.10. The summed E-state index contributed by atoms with van der Waals surface area (Å²) in [7, 11) is 0. The molecule has 8 heteroatoms. The molecule has 0 spiro atoms. The molecule has 0 amide bonds. The normalized spacial score (nSPS) is 42.2. The number of hydrogen-bond acceptors (Lipinski definition) is 5. The Hall–Kier alpha value is 0.670. The van der Waals surface area contributed by atoms with E-state index in [9.17, 15) is 5.11 Å². The lowest BCUT2D eigenvalue weighted by atomic mass is 10.0. The minimum atomic E-state index is -1.56. The van der Waals surface area contributed by atoms with Crippen molar-refractivity contribution in [2.75, 3.05) is 6.61 Å². The van der Waals surface area contributed by atoms with Gasteiger partial charge in [-0.3, -0.25) is 0 Å². The van der Waals surface area contributed by atoms with Crippen molar-refractivity contribution in [3.8, 4) is 0 Å². The molecule has 2 aliphatic rings. The van der Waals surface area contributed by atoms with Gasteiger partial charge in [-0.2, -0.15) is 0 Å². The second kappa shape index (κ2) is 5.46. The lowest BCUT2D eigenvalue weighted by molar-refractivity contribution is -0.273. The zero-order valence-electron chi connectivity index (χ0n) is 10.8. The minimum absolute atomic E-state index is 0.187. The van der Waals surface area contributed by atoms with Crippen LogP contribution in [-0.4, -0.2) is 52.0 Å². The van der Waals surface area contributed by atoms with Gasteiger partial charge in [-0.25, -0.2) is 0 Å². The standard InChI is InChI=1S/C11H17Cl3O5/c1-5-7-8(19-10(2,3)18-7)6(15)9(17-5)16-4-11(12,13)14/h5-9,15H,4H2,1-3H3/t5-,6-,7+,8-,9+/m0/s1. The van der Waals surface area contributed by atoms with Crippen molar-refractivity contribution in [2.24, 2.45) is 0 Å². The molecule has 1 N–H and O–H groups in total. The molecule has 5 nitrogen and oxygen atoms in total. The molecule has 0 saturated carbocycles. The number of hydrogen-bond donors (Lipinski definition) is 1. The van der Waals surface area contributed by atoms with Gasteiger partial charge in [0.25, 0.3) is 0 Å². The van der Waals surface area contributed by atoms with Crippen LogP contribution in [0.5, 0.6) is 0 Å². The van der Waals surface area contributed by atoms with E-state index in [4.69, 9.17) is 53.8 Å². The van der Waals surface area contributed by atoms with Crippen LogP contribution < -0.4 is 0 Å². The molecule has 2 fully saturated rings. The van der Waals surface area contributed by atoms with E-state index < -0.39 is 28.1 Å². The highest BCUT2D eigenvalue weighted by Crippen LogP contribution is 2.38. The van der Waals surface area contributed by atoms with Gasteiger partial charge in [0, 0.05) is 0 Å². The summed E-state index contributed by atoms with van der Waals surface area (Å²) < 4.78 is 20.6. The van der Waals surface area contributed by atoms with Gasteiger partial charge in [-0.15, -0.1) is 0 Å². The second-order valence-corrected chi connectivity index (χ2v) is 7.71. The Morgan fingerprint density at radius 3 is 2.37 bits per heavy atom. The fourth-order valence-electron chi connectivity index (χ4n) is 2.28. The molecule has 19 heavy (non-hydrogen) atoms. The minimum Gasteiger partial charge on any atom is -0.385 e. The summed E-state index contributed by atoms with van der Waals surface area (Å²) in [6, 6.07) is 0. The maximum absolute atomic E-state index is 10.2. The van der Waals surface area contributed by atoms with Gasteiger partial charge in [-0.1, -0.05) is 34.8 Å². The summed E-state index contributed by atoms with van der Waals surface area (Å²) in [5.74, 6) is -0.766. The summed E-state index contributed by atoms with van der Waals surface area (Å²) >= 11 is 16.8. The molecule has 0 aromatic rings. The third kappa shape index (κ3) is 3.86. The third-order valence-electron chi connectivity index (χ3n) is 3.00. The first-order chi connectivity index (χ1) is 8.59. The lowest BCUT2D eigenvalue weighted by Gasteiger charge is -2.38. The van der Waals surface area contributed by atoms with Crippen molar-refractivity contribution in [3.63, 3.8) is 0 Å². The van der Waals surface area contributed by atoms with Crippen LogP contribution in [0.15, 0.2) is 0 Å². The highest BCUT2D eigenvalue weighted by molar-refractivity contribution is 6.67. The van der Waals surface area contributed by atoms with E-state index in [1.54, 1.807) is 13.8 Å². The van der Waals surface area contributed by atoms with Gasteiger partial charge in [0.2, 0.25) is 3.79 Å². The van der Waals surface area contributed by atoms with Gasteiger partial charge in [0.1, 0.15) is 18.3 Å². The summed E-state index contributed by atoms with van der Waals surface area (Å²) in [4.78, 5) is 0. The average Bonchev–Trinajstić information content (AvgIpc) is 2.57. The molecule has 5 atom stereocenters. The number of aliphatic hydroxyl groups is 1. The molecule has 0 radical (unpaired) electrons. The zero-order chi connectivity index (χ0) is 14.4. The van der Waals surface area contributed by atoms with Crippen LogP contribution in [0.3, 0.4) is 0 Å². The lowest BCUT2D eigenvalue weighted by Crippen LogP contribution is -2.56. The van der Waals surface area contributed by atoms with Crippen LogP contribution in [0.1, 0.15) is 20.8 Å². The average molecular weight is 336 g/mol. The Bertz CT molecular complexity index is 333. The highest BCUT2D eigenvalue weighted by atomic mass is 35.6. The van der Waals surface area contributed by atoms with E-state index in [2.05, 4.69) is 0 Å². The van der Waals surface area contributed by atoms with Gasteiger partial charge in [0.05, 0.1) is 12.7 Å². The third-order valence-corrected chi connectivity index (χ3v) is 3.33. The van der Waals surface area contributed by atoms with Crippen LogP contribution in [0.25, 0.3) is 0 Å². The van der Waals surface area contributed by atoms with E-state index in [0.717, 1.165) is 0 Å². The molecule has 0 aliphatic carbocycles. The van der Waals surface area contributed by atoms with Gasteiger partial charge in [-0.05, 0) is 20.8 Å². The summed E-state index contributed by atoms with van der Waals surface area (Å²) in [6.07, 6.45) is -3.09. The fraction of sp³-hybridized carbons (Fsp3) is 1.00. The first-order valence-electron chi connectivity index (χ1n) is 5.96. The Labute approximate surface area is 127 Å². The smallest absolute Gasteiger partial charge is 0.213 e. The largest absolute Gasteiger partial charge is 0.385 e. The SMILES string of the molecule is C[C@@H]1O[C@@H](OCC(Cl)(Cl)Cl)[C@@H](O)[C@@H]2OC(C)(C)O[C@@H]21. The number of aliphatic hydroxyl groups excluding tert-OH is 1. The van der Waals surface area contributed by atoms with Crippen molar-refractivity contribution in [3.05, 3.63) is 0 Å². The number of fused-ring (bicyclic) bond motifs is 1. The zero-order valence-corrected chi connectivity index (χ0v) is 13.1. The topological polar surface area (TPSA) is 57.2 Å². The summed E-state index contributed by atoms with van der Waals surface area (Å²) in [6.45, 7) is 5.19. The fourth-order valence-corrected chi connectivity index (χ4v) is 2.47. The summed E-state index contributed by atoms with van der Waals surface area (Å²) in [5, 5.41) is 10.2. The quantitative estimate of drug-likeness (QED) is 0.782. The molecule has 0 aromatic heterocycles. The van der Waals surface area contributed by atoms with Crippen LogP contribution in [0.4, 0.5) is 0 Å². The molecule has 2 heterocycles. The van der Waals surface area contributed by atoms with Crippen molar-refractivity contribution >= 4 is 34.8 Å². The van der Waals surface area contributed by atoms with E-state index >= 15 is 0 Å². The second-order valence-electron chi connectivity index (χ2n) is 5.19. The van der Waals surface area contributed by atoms with Crippen LogP contribution in [0.2, 0.25) is 0 Å². The molecular weight excluding hydrogens is 318 g/mol. The maximum Gasteiger partial charge on any atom is 0.213 e. The molecule has 2 rings (SSSR count). The highest BCUT2D eigenvalue weighted by Gasteiger charge is 2.54. The van der Waals surface area contributed by atoms with Gasteiger partial charge < -0.3 is 24.1 Å². The predicted octanol–water partition coefficient (Wildman–Crippen LogP) is 2.00. The van der Waals surface area contributed by atoms with E-state index in [1.165, 1.54) is 0 Å². The van der Waals surface area contributed by atoms with E-state index in [0.29, 0.717) is 0 Å². The van der Waals surface area contributed by atoms with Crippen LogP contribution >= 0.6 is 34.8 Å².